The van der Waals surface area contributed by atoms with Crippen LogP contribution in [0.3, 0.4) is 0 Å². The molecule has 2 aromatic rings. The topological polar surface area (TPSA) is 21.3 Å². The van der Waals surface area contributed by atoms with Gasteiger partial charge in [-0.05, 0) is 29.3 Å². The van der Waals surface area contributed by atoms with Crippen molar-refractivity contribution in [2.24, 2.45) is 5.92 Å². The molecule has 0 fully saturated rings. The summed E-state index contributed by atoms with van der Waals surface area (Å²) >= 11 is 0. The summed E-state index contributed by atoms with van der Waals surface area (Å²) in [5.41, 5.74) is 0.939. The normalized spacial score (nSPS) is 11.5. The standard InChI is InChI=1S/C17H21F2NO/c1-12(2)9-20-10-15-14-6-4-3-5-13(14)7-8-16(15)21-11-17(18)19/h3-8,12,17,20H,9-11H2,1-2H3. The Morgan fingerprint density at radius 1 is 1.10 bits per heavy atom. The van der Waals surface area contributed by atoms with Gasteiger partial charge in [-0.15, -0.1) is 0 Å². The first-order valence-electron chi connectivity index (χ1n) is 7.20. The van der Waals surface area contributed by atoms with Gasteiger partial charge in [0.2, 0.25) is 0 Å². The van der Waals surface area contributed by atoms with Crippen LogP contribution in [0.2, 0.25) is 0 Å². The predicted molar refractivity (Wildman–Crippen MR) is 82.0 cm³/mol. The Kier molecular flexibility index (Phi) is 5.51. The zero-order valence-corrected chi connectivity index (χ0v) is 12.4. The lowest BCUT2D eigenvalue weighted by Crippen LogP contribution is -2.20. The molecule has 0 radical (unpaired) electrons. The van der Waals surface area contributed by atoms with Crippen LogP contribution >= 0.6 is 0 Å². The molecule has 0 unspecified atom stereocenters. The molecular formula is C17H21F2NO. The predicted octanol–water partition coefficient (Wildman–Crippen LogP) is 4.23. The molecule has 2 nitrogen and oxygen atoms in total. The highest BCUT2D eigenvalue weighted by Gasteiger charge is 2.11. The molecule has 114 valence electrons. The zero-order valence-electron chi connectivity index (χ0n) is 12.4. The summed E-state index contributed by atoms with van der Waals surface area (Å²) in [4.78, 5) is 0. The number of ether oxygens (including phenoxy) is 1. The minimum absolute atomic E-state index is 0.533. The summed E-state index contributed by atoms with van der Waals surface area (Å²) in [5.74, 6) is 1.07. The van der Waals surface area contributed by atoms with Crippen LogP contribution < -0.4 is 10.1 Å². The van der Waals surface area contributed by atoms with Crippen LogP contribution in [0.5, 0.6) is 5.75 Å². The van der Waals surface area contributed by atoms with Crippen LogP contribution in [-0.2, 0) is 6.54 Å². The summed E-state index contributed by atoms with van der Waals surface area (Å²) in [6, 6.07) is 11.6. The number of halogens is 2. The van der Waals surface area contributed by atoms with Gasteiger partial charge in [0.05, 0.1) is 0 Å². The minimum Gasteiger partial charge on any atom is -0.487 e. The van der Waals surface area contributed by atoms with Crippen molar-refractivity contribution in [1.82, 2.24) is 5.32 Å². The van der Waals surface area contributed by atoms with Crippen molar-refractivity contribution in [3.63, 3.8) is 0 Å². The second kappa shape index (κ2) is 7.36. The Balaban J connectivity index is 2.28. The molecule has 2 aromatic carbocycles. The maximum absolute atomic E-state index is 12.4. The molecule has 0 aliphatic heterocycles. The zero-order chi connectivity index (χ0) is 15.2. The maximum atomic E-state index is 12.4. The minimum atomic E-state index is -2.46. The van der Waals surface area contributed by atoms with Crippen LogP contribution in [0, 0.1) is 5.92 Å². The van der Waals surface area contributed by atoms with Gasteiger partial charge in [0, 0.05) is 12.1 Å². The maximum Gasteiger partial charge on any atom is 0.272 e. The van der Waals surface area contributed by atoms with Crippen LogP contribution in [0.4, 0.5) is 8.78 Å². The average molecular weight is 293 g/mol. The van der Waals surface area contributed by atoms with Crippen molar-refractivity contribution >= 4 is 10.8 Å². The van der Waals surface area contributed by atoms with Gasteiger partial charge in [-0.25, -0.2) is 8.78 Å². The van der Waals surface area contributed by atoms with E-state index in [-0.39, 0.29) is 0 Å². The molecule has 21 heavy (non-hydrogen) atoms. The van der Waals surface area contributed by atoms with Crippen molar-refractivity contribution in [1.29, 1.82) is 0 Å². The van der Waals surface area contributed by atoms with E-state index in [1.165, 1.54) is 0 Å². The van der Waals surface area contributed by atoms with E-state index in [0.717, 1.165) is 22.9 Å². The molecular weight excluding hydrogens is 272 g/mol. The van der Waals surface area contributed by atoms with E-state index in [1.807, 2.05) is 30.3 Å². The second-order valence-corrected chi connectivity index (χ2v) is 5.49. The fraction of sp³-hybridized carbons (Fsp3) is 0.412. The third-order valence-electron chi connectivity index (χ3n) is 3.22. The van der Waals surface area contributed by atoms with E-state index in [0.29, 0.717) is 18.2 Å². The van der Waals surface area contributed by atoms with Gasteiger partial charge < -0.3 is 10.1 Å². The van der Waals surface area contributed by atoms with Gasteiger partial charge in [0.1, 0.15) is 12.4 Å². The summed E-state index contributed by atoms with van der Waals surface area (Å²) in [6.07, 6.45) is -2.46. The number of benzene rings is 2. The largest absolute Gasteiger partial charge is 0.487 e. The molecule has 0 atom stereocenters. The Morgan fingerprint density at radius 3 is 2.57 bits per heavy atom. The van der Waals surface area contributed by atoms with E-state index in [9.17, 15) is 8.78 Å². The second-order valence-electron chi connectivity index (χ2n) is 5.49. The van der Waals surface area contributed by atoms with Crippen molar-refractivity contribution < 1.29 is 13.5 Å². The van der Waals surface area contributed by atoms with Gasteiger partial charge in [0.25, 0.3) is 6.43 Å². The highest BCUT2D eigenvalue weighted by molar-refractivity contribution is 5.87. The molecule has 0 aliphatic carbocycles. The highest BCUT2D eigenvalue weighted by atomic mass is 19.3. The molecule has 4 heteroatoms. The molecule has 0 spiro atoms. The highest BCUT2D eigenvalue weighted by Crippen LogP contribution is 2.28. The molecule has 0 aliphatic rings. The summed E-state index contributed by atoms with van der Waals surface area (Å²) < 4.78 is 30.0. The average Bonchev–Trinajstić information content (AvgIpc) is 2.45. The van der Waals surface area contributed by atoms with Gasteiger partial charge in [-0.1, -0.05) is 44.2 Å². The third kappa shape index (κ3) is 4.39. The monoisotopic (exact) mass is 293 g/mol. The quantitative estimate of drug-likeness (QED) is 0.825. The van der Waals surface area contributed by atoms with Gasteiger partial charge in [-0.2, -0.15) is 0 Å². The lowest BCUT2D eigenvalue weighted by molar-refractivity contribution is 0.0814. The van der Waals surface area contributed by atoms with Gasteiger partial charge in [-0.3, -0.25) is 0 Å². The summed E-state index contributed by atoms with van der Waals surface area (Å²) in [5, 5.41) is 5.48. The first-order valence-corrected chi connectivity index (χ1v) is 7.20. The molecule has 0 amide bonds. The SMILES string of the molecule is CC(C)CNCc1c(OCC(F)F)ccc2ccccc12. The Morgan fingerprint density at radius 2 is 1.86 bits per heavy atom. The lowest BCUT2D eigenvalue weighted by Gasteiger charge is -2.15. The first kappa shape index (κ1) is 15.7. The molecule has 0 heterocycles. The third-order valence-corrected chi connectivity index (χ3v) is 3.22. The van der Waals surface area contributed by atoms with Crippen LogP contribution in [0.25, 0.3) is 10.8 Å². The Hall–Kier alpha value is -1.68. The van der Waals surface area contributed by atoms with E-state index < -0.39 is 13.0 Å². The summed E-state index contributed by atoms with van der Waals surface area (Å²) in [7, 11) is 0. The molecule has 0 bridgehead atoms. The smallest absolute Gasteiger partial charge is 0.272 e. The van der Waals surface area contributed by atoms with E-state index >= 15 is 0 Å². The Labute approximate surface area is 124 Å². The van der Waals surface area contributed by atoms with Crippen molar-refractivity contribution in [3.05, 3.63) is 42.0 Å². The molecule has 2 rings (SSSR count). The molecule has 1 N–H and O–H groups in total. The lowest BCUT2D eigenvalue weighted by atomic mass is 10.0. The number of rotatable bonds is 7. The van der Waals surface area contributed by atoms with Crippen LogP contribution in [0.15, 0.2) is 36.4 Å². The first-order chi connectivity index (χ1) is 10.1. The van der Waals surface area contributed by atoms with Gasteiger partial charge in [0.15, 0.2) is 0 Å². The Bertz CT molecular complexity index is 584. The number of alkyl halides is 2. The summed E-state index contributed by atoms with van der Waals surface area (Å²) in [6.45, 7) is 5.17. The van der Waals surface area contributed by atoms with Crippen LogP contribution in [-0.4, -0.2) is 19.6 Å². The van der Waals surface area contributed by atoms with E-state index in [4.69, 9.17) is 4.74 Å². The van der Waals surface area contributed by atoms with Crippen molar-refractivity contribution in [2.45, 2.75) is 26.8 Å². The van der Waals surface area contributed by atoms with E-state index in [1.54, 1.807) is 6.07 Å². The van der Waals surface area contributed by atoms with Crippen molar-refractivity contribution in [3.8, 4) is 5.75 Å². The van der Waals surface area contributed by atoms with Crippen molar-refractivity contribution in [2.75, 3.05) is 13.2 Å². The van der Waals surface area contributed by atoms with Crippen LogP contribution in [0.1, 0.15) is 19.4 Å². The number of nitrogens with one attached hydrogen (secondary N) is 1. The molecule has 0 saturated carbocycles. The van der Waals surface area contributed by atoms with E-state index in [2.05, 4.69) is 19.2 Å². The molecule has 0 saturated heterocycles. The van der Waals surface area contributed by atoms with Gasteiger partial charge >= 0.3 is 0 Å². The fourth-order valence-electron chi connectivity index (χ4n) is 2.27. The number of hydrogen-bond acceptors (Lipinski definition) is 2. The fourth-order valence-corrected chi connectivity index (χ4v) is 2.27. The number of hydrogen-bond donors (Lipinski definition) is 1. The number of fused-ring (bicyclic) bond motifs is 1. The molecule has 0 aromatic heterocycles.